The minimum Gasteiger partial charge on any atom is -0.495 e. The molecule has 0 radical (unpaired) electrons. The molecule has 4 rings (SSSR count). The zero-order valence-electron chi connectivity index (χ0n) is 19.2. The molecule has 0 N–H and O–H groups in total. The van der Waals surface area contributed by atoms with E-state index < -0.39 is 6.04 Å². The van der Waals surface area contributed by atoms with Crippen molar-refractivity contribution in [1.82, 2.24) is 9.80 Å². The maximum Gasteiger partial charge on any atom is 0.246 e. The molecule has 1 aromatic carbocycles. The molecule has 2 aliphatic heterocycles. The van der Waals surface area contributed by atoms with Gasteiger partial charge in [0.05, 0.1) is 24.6 Å². The summed E-state index contributed by atoms with van der Waals surface area (Å²) < 4.78 is 5.48. The predicted molar refractivity (Wildman–Crippen MR) is 122 cm³/mol. The summed E-state index contributed by atoms with van der Waals surface area (Å²) in [5, 5.41) is 0. The summed E-state index contributed by atoms with van der Waals surface area (Å²) in [7, 11) is 1.66. The second-order valence-corrected chi connectivity index (χ2v) is 9.33. The van der Waals surface area contributed by atoms with Gasteiger partial charge in [-0.15, -0.1) is 0 Å². The summed E-state index contributed by atoms with van der Waals surface area (Å²) in [5.41, 5.74) is 1.02. The molecule has 3 amide bonds. The lowest BCUT2D eigenvalue weighted by Crippen LogP contribution is -2.56. The van der Waals surface area contributed by atoms with E-state index in [1.807, 2.05) is 55.2 Å². The smallest absolute Gasteiger partial charge is 0.246 e. The molecule has 2 saturated heterocycles. The lowest BCUT2D eigenvalue weighted by atomic mass is 9.85. The van der Waals surface area contributed by atoms with E-state index in [1.165, 1.54) is 4.90 Å². The van der Waals surface area contributed by atoms with Gasteiger partial charge >= 0.3 is 0 Å². The predicted octanol–water partition coefficient (Wildman–Crippen LogP) is 2.71. The Balaban J connectivity index is 1.49. The number of piperazine rings is 1. The Morgan fingerprint density at radius 3 is 2.16 bits per heavy atom. The third kappa shape index (κ3) is 4.12. The number of carbonyl (C=O) groups is 3. The summed E-state index contributed by atoms with van der Waals surface area (Å²) in [6.45, 7) is 6.51. The highest BCUT2D eigenvalue weighted by molar-refractivity contribution is 6.08. The molecule has 2 fully saturated rings. The standard InChI is InChI=1S/C25H33N3O4/c1-17(2)16-21(28-23(29)18-8-4-5-9-19(18)24(28)30)25(31)27-14-12-26(13-15-27)20-10-6-7-11-22(20)32-3/h4-7,10-11,17-19,21H,8-9,12-16H2,1-3H3. The monoisotopic (exact) mass is 439 g/mol. The van der Waals surface area contributed by atoms with Gasteiger partial charge in [0.2, 0.25) is 17.7 Å². The van der Waals surface area contributed by atoms with E-state index in [2.05, 4.69) is 4.90 Å². The van der Waals surface area contributed by atoms with Crippen LogP contribution in [0.5, 0.6) is 5.75 Å². The van der Waals surface area contributed by atoms with Crippen LogP contribution in [0, 0.1) is 17.8 Å². The quantitative estimate of drug-likeness (QED) is 0.504. The van der Waals surface area contributed by atoms with Gasteiger partial charge in [-0.3, -0.25) is 19.3 Å². The highest BCUT2D eigenvalue weighted by Gasteiger charge is 2.51. The molecule has 1 aliphatic carbocycles. The Bertz CT molecular complexity index is 878. The molecule has 7 nitrogen and oxygen atoms in total. The fourth-order valence-electron chi connectivity index (χ4n) is 5.17. The van der Waals surface area contributed by atoms with Crippen molar-refractivity contribution in [1.29, 1.82) is 0 Å². The zero-order valence-corrected chi connectivity index (χ0v) is 19.2. The van der Waals surface area contributed by atoms with Crippen LogP contribution < -0.4 is 9.64 Å². The summed E-state index contributed by atoms with van der Waals surface area (Å²) in [5.74, 6) is -0.0528. The topological polar surface area (TPSA) is 70.2 Å². The first-order valence-corrected chi connectivity index (χ1v) is 11.6. The normalized spacial score (nSPS) is 24.2. The second kappa shape index (κ2) is 9.35. The van der Waals surface area contributed by atoms with Crippen LogP contribution in [0.1, 0.15) is 33.1 Å². The van der Waals surface area contributed by atoms with Crippen LogP contribution in [0.15, 0.2) is 36.4 Å². The summed E-state index contributed by atoms with van der Waals surface area (Å²) in [6.07, 6.45) is 5.63. The van der Waals surface area contributed by atoms with E-state index in [4.69, 9.17) is 4.74 Å². The molecule has 3 unspecified atom stereocenters. The number of hydrogen-bond donors (Lipinski definition) is 0. The number of allylic oxidation sites excluding steroid dienone is 2. The van der Waals surface area contributed by atoms with Gasteiger partial charge in [0.1, 0.15) is 11.8 Å². The number of ether oxygens (including phenoxy) is 1. The van der Waals surface area contributed by atoms with E-state index in [9.17, 15) is 14.4 Å². The first-order valence-electron chi connectivity index (χ1n) is 11.6. The molecule has 0 bridgehead atoms. The molecule has 3 aliphatic rings. The van der Waals surface area contributed by atoms with E-state index in [0.29, 0.717) is 45.4 Å². The van der Waals surface area contributed by atoms with Crippen molar-refractivity contribution in [2.75, 3.05) is 38.2 Å². The Morgan fingerprint density at radius 2 is 1.59 bits per heavy atom. The van der Waals surface area contributed by atoms with Crippen molar-refractivity contribution in [2.45, 2.75) is 39.2 Å². The van der Waals surface area contributed by atoms with E-state index in [-0.39, 0.29) is 35.5 Å². The van der Waals surface area contributed by atoms with Crippen LogP contribution in [-0.4, -0.2) is 66.9 Å². The molecule has 0 saturated carbocycles. The van der Waals surface area contributed by atoms with Crippen molar-refractivity contribution >= 4 is 23.4 Å². The van der Waals surface area contributed by atoms with Crippen molar-refractivity contribution in [3.63, 3.8) is 0 Å². The molecule has 0 aromatic heterocycles. The number of likely N-dealkylation sites (tertiary alicyclic amines) is 1. The zero-order chi connectivity index (χ0) is 22.8. The van der Waals surface area contributed by atoms with Gasteiger partial charge in [-0.25, -0.2) is 0 Å². The Morgan fingerprint density at radius 1 is 1.00 bits per heavy atom. The number of amides is 3. The van der Waals surface area contributed by atoms with Crippen molar-refractivity contribution < 1.29 is 19.1 Å². The Kier molecular flexibility index (Phi) is 6.53. The van der Waals surface area contributed by atoms with Crippen LogP contribution in [0.4, 0.5) is 5.69 Å². The van der Waals surface area contributed by atoms with Crippen LogP contribution in [-0.2, 0) is 14.4 Å². The number of carbonyl (C=O) groups excluding carboxylic acids is 3. The second-order valence-electron chi connectivity index (χ2n) is 9.33. The third-order valence-electron chi connectivity index (χ3n) is 6.85. The molecular weight excluding hydrogens is 406 g/mol. The summed E-state index contributed by atoms with van der Waals surface area (Å²) in [4.78, 5) is 45.2. The van der Waals surface area contributed by atoms with Crippen LogP contribution in [0.2, 0.25) is 0 Å². The van der Waals surface area contributed by atoms with E-state index in [0.717, 1.165) is 11.4 Å². The molecule has 7 heteroatoms. The van der Waals surface area contributed by atoms with Crippen molar-refractivity contribution in [2.24, 2.45) is 17.8 Å². The number of para-hydroxylation sites is 2. The lowest BCUT2D eigenvalue weighted by Gasteiger charge is -2.39. The minimum atomic E-state index is -0.710. The molecule has 0 spiro atoms. The Labute approximate surface area is 190 Å². The van der Waals surface area contributed by atoms with Gasteiger partial charge in [-0.1, -0.05) is 38.1 Å². The van der Waals surface area contributed by atoms with Crippen molar-refractivity contribution in [3.05, 3.63) is 36.4 Å². The first kappa shape index (κ1) is 22.4. The molecular formula is C25H33N3O4. The van der Waals surface area contributed by atoms with Crippen LogP contribution >= 0.6 is 0 Å². The lowest BCUT2D eigenvalue weighted by molar-refractivity contribution is -0.152. The summed E-state index contributed by atoms with van der Waals surface area (Å²) >= 11 is 0. The molecule has 1 aromatic rings. The van der Waals surface area contributed by atoms with Gasteiger partial charge in [0.25, 0.3) is 0 Å². The fraction of sp³-hybridized carbons (Fsp3) is 0.560. The number of hydrogen-bond acceptors (Lipinski definition) is 5. The van der Waals surface area contributed by atoms with E-state index in [1.54, 1.807) is 7.11 Å². The Hall–Kier alpha value is -2.83. The van der Waals surface area contributed by atoms with Gasteiger partial charge in [-0.2, -0.15) is 0 Å². The summed E-state index contributed by atoms with van der Waals surface area (Å²) in [6, 6.07) is 7.17. The number of methoxy groups -OCH3 is 1. The first-order chi connectivity index (χ1) is 15.4. The fourth-order valence-corrected chi connectivity index (χ4v) is 5.17. The van der Waals surface area contributed by atoms with Crippen LogP contribution in [0.25, 0.3) is 0 Å². The van der Waals surface area contributed by atoms with Gasteiger partial charge in [0.15, 0.2) is 0 Å². The number of imide groups is 1. The maximum absolute atomic E-state index is 13.6. The molecule has 172 valence electrons. The maximum atomic E-state index is 13.6. The number of anilines is 1. The number of nitrogens with zero attached hydrogens (tertiary/aromatic N) is 3. The van der Waals surface area contributed by atoms with Gasteiger partial charge in [-0.05, 0) is 37.3 Å². The molecule has 2 heterocycles. The average Bonchev–Trinajstić information content (AvgIpc) is 3.07. The highest BCUT2D eigenvalue weighted by atomic mass is 16.5. The van der Waals surface area contributed by atoms with Gasteiger partial charge in [0, 0.05) is 26.2 Å². The molecule has 32 heavy (non-hydrogen) atoms. The third-order valence-corrected chi connectivity index (χ3v) is 6.85. The minimum absolute atomic E-state index is 0.105. The largest absolute Gasteiger partial charge is 0.495 e. The number of fused-ring (bicyclic) bond motifs is 1. The highest BCUT2D eigenvalue weighted by Crippen LogP contribution is 2.37. The van der Waals surface area contributed by atoms with E-state index >= 15 is 0 Å². The number of benzene rings is 1. The molecule has 3 atom stereocenters. The van der Waals surface area contributed by atoms with Gasteiger partial charge < -0.3 is 14.5 Å². The SMILES string of the molecule is COc1ccccc1N1CCN(C(=O)C(CC(C)C)N2C(=O)C3CC=CCC3C2=O)CC1. The van der Waals surface area contributed by atoms with Crippen LogP contribution in [0.3, 0.4) is 0 Å². The average molecular weight is 440 g/mol. The number of rotatable bonds is 6. The van der Waals surface area contributed by atoms with Crippen molar-refractivity contribution in [3.8, 4) is 5.75 Å².